The van der Waals surface area contributed by atoms with Gasteiger partial charge in [-0.2, -0.15) is 10.1 Å². The first kappa shape index (κ1) is 23.6. The van der Waals surface area contributed by atoms with E-state index in [9.17, 15) is 9.18 Å². The number of amides is 1. The topological polar surface area (TPSA) is 119 Å². The predicted molar refractivity (Wildman–Crippen MR) is 130 cm³/mol. The highest BCUT2D eigenvalue weighted by Crippen LogP contribution is 2.25. The molecular weight excluding hydrogens is 451 g/mol. The fraction of sp³-hybridized carbons (Fsp3) is 0.208. The number of anilines is 5. The lowest BCUT2D eigenvalue weighted by molar-refractivity contribution is -0.124. The molecule has 0 saturated carbocycles. The molecule has 10 nitrogen and oxygen atoms in total. The number of carbonyl (C=O) groups is 1. The van der Waals surface area contributed by atoms with Gasteiger partial charge in [0.1, 0.15) is 0 Å². The largest absolute Gasteiger partial charge is 0.481 e. The van der Waals surface area contributed by atoms with Crippen molar-refractivity contribution in [3.8, 4) is 5.88 Å². The van der Waals surface area contributed by atoms with Gasteiger partial charge in [0, 0.05) is 29.8 Å². The van der Waals surface area contributed by atoms with E-state index in [-0.39, 0.29) is 17.7 Å². The number of halogens is 1. The van der Waals surface area contributed by atoms with Crippen LogP contribution >= 0.6 is 0 Å². The first-order valence-corrected chi connectivity index (χ1v) is 10.8. The van der Waals surface area contributed by atoms with Crippen LogP contribution in [0.5, 0.6) is 5.88 Å². The Hall–Kier alpha value is -4.54. The van der Waals surface area contributed by atoms with Crippen LogP contribution < -0.4 is 20.7 Å². The highest BCUT2D eigenvalue weighted by molar-refractivity contribution is 5.95. The SMILES string of the molecule is COc1ccc(Nc2ncc(F)c(Nc3cccc(NC(=O)C(C)(C)Cn4cccn4)c3)n2)cn1. The Morgan fingerprint density at radius 2 is 1.89 bits per heavy atom. The number of ether oxygens (including phenoxy) is 1. The molecule has 1 amide bonds. The summed E-state index contributed by atoms with van der Waals surface area (Å²) in [5.41, 5.74) is 1.02. The van der Waals surface area contributed by atoms with E-state index >= 15 is 0 Å². The zero-order valence-corrected chi connectivity index (χ0v) is 19.5. The maximum atomic E-state index is 14.4. The van der Waals surface area contributed by atoms with Crippen LogP contribution in [0.4, 0.5) is 33.2 Å². The lowest BCUT2D eigenvalue weighted by atomic mass is 9.92. The number of benzene rings is 1. The first-order chi connectivity index (χ1) is 16.8. The number of hydrogen-bond acceptors (Lipinski definition) is 8. The quantitative estimate of drug-likeness (QED) is 0.326. The van der Waals surface area contributed by atoms with Crippen molar-refractivity contribution in [2.75, 3.05) is 23.1 Å². The van der Waals surface area contributed by atoms with Crippen molar-refractivity contribution in [2.45, 2.75) is 20.4 Å². The van der Waals surface area contributed by atoms with E-state index in [0.717, 1.165) is 6.20 Å². The van der Waals surface area contributed by atoms with Crippen LogP contribution in [-0.4, -0.2) is 37.7 Å². The normalized spacial score (nSPS) is 11.1. The molecule has 0 spiro atoms. The number of pyridine rings is 1. The fourth-order valence-electron chi connectivity index (χ4n) is 3.20. The Labute approximate surface area is 201 Å². The van der Waals surface area contributed by atoms with Crippen LogP contribution in [0, 0.1) is 11.2 Å². The van der Waals surface area contributed by atoms with Gasteiger partial charge in [0.2, 0.25) is 17.7 Å². The summed E-state index contributed by atoms with van der Waals surface area (Å²) < 4.78 is 21.2. The van der Waals surface area contributed by atoms with Crippen molar-refractivity contribution < 1.29 is 13.9 Å². The van der Waals surface area contributed by atoms with Gasteiger partial charge >= 0.3 is 0 Å². The smallest absolute Gasteiger partial charge is 0.231 e. The molecule has 0 saturated heterocycles. The first-order valence-electron chi connectivity index (χ1n) is 10.8. The summed E-state index contributed by atoms with van der Waals surface area (Å²) in [5, 5.41) is 13.0. The highest BCUT2D eigenvalue weighted by Gasteiger charge is 2.28. The molecule has 0 aliphatic carbocycles. The summed E-state index contributed by atoms with van der Waals surface area (Å²) in [4.78, 5) is 25.2. The molecule has 4 rings (SSSR count). The van der Waals surface area contributed by atoms with Crippen molar-refractivity contribution in [3.63, 3.8) is 0 Å². The van der Waals surface area contributed by atoms with Crippen LogP contribution in [0.15, 0.2) is 67.3 Å². The van der Waals surface area contributed by atoms with Crippen LogP contribution in [0.3, 0.4) is 0 Å². The van der Waals surface area contributed by atoms with Crippen LogP contribution in [0.2, 0.25) is 0 Å². The third-order valence-corrected chi connectivity index (χ3v) is 5.06. The van der Waals surface area contributed by atoms with Crippen molar-refractivity contribution in [1.82, 2.24) is 24.7 Å². The number of carbonyl (C=O) groups excluding carboxylic acids is 1. The number of nitrogens with one attached hydrogen (secondary N) is 3. The molecule has 3 aromatic heterocycles. The molecule has 0 bridgehead atoms. The van der Waals surface area contributed by atoms with Gasteiger partial charge in [0.25, 0.3) is 0 Å². The van der Waals surface area contributed by atoms with Crippen molar-refractivity contribution in [2.24, 2.45) is 5.41 Å². The molecule has 0 radical (unpaired) electrons. The van der Waals surface area contributed by atoms with E-state index in [4.69, 9.17) is 4.74 Å². The summed E-state index contributed by atoms with van der Waals surface area (Å²) in [7, 11) is 1.53. The van der Waals surface area contributed by atoms with E-state index in [1.807, 2.05) is 26.1 Å². The van der Waals surface area contributed by atoms with E-state index in [1.54, 1.807) is 53.5 Å². The number of methoxy groups -OCH3 is 1. The van der Waals surface area contributed by atoms with E-state index in [0.29, 0.717) is 29.5 Å². The minimum Gasteiger partial charge on any atom is -0.481 e. The van der Waals surface area contributed by atoms with Crippen molar-refractivity contribution in [3.05, 3.63) is 73.1 Å². The van der Waals surface area contributed by atoms with Gasteiger partial charge < -0.3 is 20.7 Å². The third kappa shape index (κ3) is 6.08. The lowest BCUT2D eigenvalue weighted by Gasteiger charge is -2.23. The zero-order valence-electron chi connectivity index (χ0n) is 19.5. The van der Waals surface area contributed by atoms with Crippen LogP contribution in [-0.2, 0) is 11.3 Å². The molecule has 35 heavy (non-hydrogen) atoms. The van der Waals surface area contributed by atoms with Gasteiger partial charge in [-0.1, -0.05) is 6.07 Å². The number of hydrogen-bond donors (Lipinski definition) is 3. The summed E-state index contributed by atoms with van der Waals surface area (Å²) >= 11 is 0. The number of rotatable bonds is 9. The van der Waals surface area contributed by atoms with Gasteiger partial charge in [0.15, 0.2) is 11.6 Å². The molecule has 0 fully saturated rings. The summed E-state index contributed by atoms with van der Waals surface area (Å²) in [5.74, 6) is -0.164. The van der Waals surface area contributed by atoms with Crippen molar-refractivity contribution in [1.29, 1.82) is 0 Å². The zero-order chi connectivity index (χ0) is 24.8. The standard InChI is InChI=1S/C24H25FN8O2/c1-24(2,15-33-11-5-10-28-33)22(34)30-17-7-4-6-16(12-17)29-21-19(25)14-27-23(32-21)31-18-8-9-20(35-3)26-13-18/h4-14H,15H2,1-3H3,(H,30,34)(H2,27,29,31,32). The molecule has 180 valence electrons. The number of aromatic nitrogens is 5. The molecule has 3 heterocycles. The molecule has 1 aromatic carbocycles. The Morgan fingerprint density at radius 1 is 1.06 bits per heavy atom. The molecule has 0 aliphatic rings. The second kappa shape index (κ2) is 10.2. The summed E-state index contributed by atoms with van der Waals surface area (Å²) in [6.45, 7) is 4.11. The average Bonchev–Trinajstić information content (AvgIpc) is 3.34. The van der Waals surface area contributed by atoms with Gasteiger partial charge in [-0.05, 0) is 44.2 Å². The van der Waals surface area contributed by atoms with Gasteiger partial charge in [-0.15, -0.1) is 0 Å². The Balaban J connectivity index is 1.45. The highest BCUT2D eigenvalue weighted by atomic mass is 19.1. The maximum absolute atomic E-state index is 14.4. The van der Waals surface area contributed by atoms with E-state index < -0.39 is 11.2 Å². The van der Waals surface area contributed by atoms with Gasteiger partial charge in [-0.3, -0.25) is 9.48 Å². The fourth-order valence-corrected chi connectivity index (χ4v) is 3.20. The molecule has 0 unspecified atom stereocenters. The van der Waals surface area contributed by atoms with Gasteiger partial charge in [-0.25, -0.2) is 14.4 Å². The van der Waals surface area contributed by atoms with E-state index in [1.165, 1.54) is 7.11 Å². The Kier molecular flexibility index (Phi) is 6.86. The summed E-state index contributed by atoms with van der Waals surface area (Å²) in [6, 6.07) is 12.2. The molecule has 0 atom stereocenters. The maximum Gasteiger partial charge on any atom is 0.231 e. The minimum atomic E-state index is -0.703. The van der Waals surface area contributed by atoms with E-state index in [2.05, 4.69) is 36.0 Å². The molecule has 3 N–H and O–H groups in total. The average molecular weight is 477 g/mol. The molecular formula is C24H25FN8O2. The lowest BCUT2D eigenvalue weighted by Crippen LogP contribution is -2.34. The number of nitrogens with zero attached hydrogens (tertiary/aromatic N) is 5. The Morgan fingerprint density at radius 3 is 2.60 bits per heavy atom. The molecule has 0 aliphatic heterocycles. The summed E-state index contributed by atoms with van der Waals surface area (Å²) in [6.07, 6.45) is 6.10. The monoisotopic (exact) mass is 476 g/mol. The van der Waals surface area contributed by atoms with Crippen LogP contribution in [0.1, 0.15) is 13.8 Å². The van der Waals surface area contributed by atoms with Crippen LogP contribution in [0.25, 0.3) is 0 Å². The molecule has 4 aromatic rings. The second-order valence-electron chi connectivity index (χ2n) is 8.35. The van der Waals surface area contributed by atoms with Crippen molar-refractivity contribution >= 4 is 34.7 Å². The molecule has 11 heteroatoms. The minimum absolute atomic E-state index is 0.0218. The van der Waals surface area contributed by atoms with Gasteiger partial charge in [0.05, 0.1) is 37.2 Å². The predicted octanol–water partition coefficient (Wildman–Crippen LogP) is 4.37. The Bertz CT molecular complexity index is 1290. The second-order valence-corrected chi connectivity index (χ2v) is 8.35. The third-order valence-electron chi connectivity index (χ3n) is 5.06.